The zero-order valence-corrected chi connectivity index (χ0v) is 16.6. The Morgan fingerprint density at radius 2 is 1.78 bits per heavy atom. The van der Waals surface area contributed by atoms with Gasteiger partial charge in [0.1, 0.15) is 0 Å². The van der Waals surface area contributed by atoms with Crippen molar-refractivity contribution in [3.63, 3.8) is 0 Å². The van der Waals surface area contributed by atoms with Gasteiger partial charge in [-0.25, -0.2) is 8.42 Å². The Kier molecular flexibility index (Phi) is 5.37. The van der Waals surface area contributed by atoms with E-state index in [1.165, 1.54) is 6.26 Å². The molecular weight excluding hydrogens is 360 g/mol. The number of aryl methyl sites for hydroxylation is 1. The van der Waals surface area contributed by atoms with E-state index >= 15 is 0 Å². The van der Waals surface area contributed by atoms with E-state index in [-0.39, 0.29) is 16.8 Å². The highest BCUT2D eigenvalue weighted by Crippen LogP contribution is 2.23. The molecule has 1 aromatic heterocycles. The third kappa shape index (κ3) is 4.22. The summed E-state index contributed by atoms with van der Waals surface area (Å²) < 4.78 is 23.2. The molecule has 5 nitrogen and oxygen atoms in total. The maximum atomic E-state index is 12.6. The van der Waals surface area contributed by atoms with Crippen molar-refractivity contribution >= 4 is 26.6 Å². The largest absolute Gasteiger partial charge is 0.361 e. The Balaban J connectivity index is 1.66. The average molecular weight is 385 g/mol. The van der Waals surface area contributed by atoms with Gasteiger partial charge < -0.3 is 9.88 Å². The third-order valence-corrected chi connectivity index (χ3v) is 6.18. The number of para-hydroxylation sites is 1. The molecule has 0 spiro atoms. The maximum absolute atomic E-state index is 12.6. The maximum Gasteiger partial charge on any atom is 0.223 e. The van der Waals surface area contributed by atoms with E-state index in [1.807, 2.05) is 31.3 Å². The summed E-state index contributed by atoms with van der Waals surface area (Å²) in [6, 6.07) is 14.6. The first-order valence-corrected chi connectivity index (χ1v) is 10.8. The second-order valence-corrected chi connectivity index (χ2v) is 8.90. The van der Waals surface area contributed by atoms with Gasteiger partial charge in [0.2, 0.25) is 5.91 Å². The number of aromatic amines is 1. The van der Waals surface area contributed by atoms with Crippen LogP contribution in [0.2, 0.25) is 0 Å². The van der Waals surface area contributed by atoms with Gasteiger partial charge in [-0.15, -0.1) is 0 Å². The van der Waals surface area contributed by atoms with Crippen LogP contribution in [0.25, 0.3) is 10.9 Å². The summed E-state index contributed by atoms with van der Waals surface area (Å²) in [5.41, 5.74) is 3.12. The Morgan fingerprint density at radius 3 is 2.44 bits per heavy atom. The summed E-state index contributed by atoms with van der Waals surface area (Å²) in [6.45, 7) is 1.94. The highest BCUT2D eigenvalue weighted by Gasteiger charge is 2.18. The van der Waals surface area contributed by atoms with Crippen molar-refractivity contribution in [2.45, 2.75) is 30.7 Å². The second-order valence-electron chi connectivity index (χ2n) is 6.88. The van der Waals surface area contributed by atoms with E-state index in [0.717, 1.165) is 22.0 Å². The predicted molar refractivity (Wildman–Crippen MR) is 107 cm³/mol. The molecular formula is C21H24N2O3S. The number of nitrogens with zero attached hydrogens (tertiary/aromatic N) is 1. The van der Waals surface area contributed by atoms with Crippen molar-refractivity contribution in [2.75, 3.05) is 13.3 Å². The molecule has 0 bridgehead atoms. The lowest BCUT2D eigenvalue weighted by molar-refractivity contribution is -0.131. The summed E-state index contributed by atoms with van der Waals surface area (Å²) >= 11 is 0. The van der Waals surface area contributed by atoms with Gasteiger partial charge in [-0.1, -0.05) is 30.3 Å². The van der Waals surface area contributed by atoms with E-state index in [0.29, 0.717) is 12.8 Å². The molecule has 0 aliphatic carbocycles. The standard InChI is InChI=1S/C21H24N2O3S/c1-15(16-8-11-18(12-9-16)27(3,25)26)23(2)21(24)13-10-17-14-22-20-7-5-4-6-19(17)20/h4-9,11-12,14-15,22H,10,13H2,1-3H3. The van der Waals surface area contributed by atoms with Gasteiger partial charge in [0.15, 0.2) is 9.84 Å². The summed E-state index contributed by atoms with van der Waals surface area (Å²) in [4.78, 5) is 17.9. The Morgan fingerprint density at radius 1 is 1.11 bits per heavy atom. The summed E-state index contributed by atoms with van der Waals surface area (Å²) in [5.74, 6) is 0.0555. The van der Waals surface area contributed by atoms with Crippen molar-refractivity contribution < 1.29 is 13.2 Å². The van der Waals surface area contributed by atoms with E-state index in [1.54, 1.807) is 36.2 Å². The Labute approximate surface area is 159 Å². The molecule has 1 N–H and O–H groups in total. The van der Waals surface area contributed by atoms with Gasteiger partial charge in [0, 0.05) is 36.8 Å². The number of fused-ring (bicyclic) bond motifs is 1. The highest BCUT2D eigenvalue weighted by atomic mass is 32.2. The van der Waals surface area contributed by atoms with Crippen LogP contribution in [0.15, 0.2) is 59.6 Å². The molecule has 3 rings (SSSR count). The number of sulfone groups is 1. The van der Waals surface area contributed by atoms with Crippen LogP contribution >= 0.6 is 0 Å². The molecule has 6 heteroatoms. The molecule has 0 saturated carbocycles. The number of hydrogen-bond acceptors (Lipinski definition) is 3. The van der Waals surface area contributed by atoms with Crippen LogP contribution < -0.4 is 0 Å². The number of carbonyl (C=O) groups is 1. The molecule has 0 aliphatic rings. The van der Waals surface area contributed by atoms with Gasteiger partial charge in [-0.3, -0.25) is 4.79 Å². The number of carbonyl (C=O) groups excluding carboxylic acids is 1. The normalized spacial score (nSPS) is 12.9. The molecule has 1 unspecified atom stereocenters. The number of nitrogens with one attached hydrogen (secondary N) is 1. The van der Waals surface area contributed by atoms with Crippen molar-refractivity contribution in [2.24, 2.45) is 0 Å². The average Bonchev–Trinajstić information content (AvgIpc) is 3.07. The van der Waals surface area contributed by atoms with Crippen molar-refractivity contribution in [1.82, 2.24) is 9.88 Å². The van der Waals surface area contributed by atoms with Gasteiger partial charge in [-0.2, -0.15) is 0 Å². The molecule has 142 valence electrons. The minimum Gasteiger partial charge on any atom is -0.361 e. The minimum absolute atomic E-state index is 0.0555. The zero-order chi connectivity index (χ0) is 19.6. The fraction of sp³-hybridized carbons (Fsp3) is 0.286. The molecule has 0 aliphatic heterocycles. The number of benzene rings is 2. The number of rotatable bonds is 6. The van der Waals surface area contributed by atoms with E-state index in [2.05, 4.69) is 11.1 Å². The summed E-state index contributed by atoms with van der Waals surface area (Å²) in [7, 11) is -1.43. The topological polar surface area (TPSA) is 70.2 Å². The van der Waals surface area contributed by atoms with E-state index < -0.39 is 9.84 Å². The van der Waals surface area contributed by atoms with Gasteiger partial charge in [0.05, 0.1) is 10.9 Å². The summed E-state index contributed by atoms with van der Waals surface area (Å²) in [5, 5.41) is 1.15. The number of aromatic nitrogens is 1. The quantitative estimate of drug-likeness (QED) is 0.704. The first kappa shape index (κ1) is 19.2. The lowest BCUT2D eigenvalue weighted by Crippen LogP contribution is -2.29. The first-order chi connectivity index (χ1) is 12.8. The minimum atomic E-state index is -3.22. The number of hydrogen-bond donors (Lipinski definition) is 1. The monoisotopic (exact) mass is 384 g/mol. The highest BCUT2D eigenvalue weighted by molar-refractivity contribution is 7.90. The third-order valence-electron chi connectivity index (χ3n) is 5.05. The van der Waals surface area contributed by atoms with Crippen LogP contribution in [0.4, 0.5) is 0 Å². The molecule has 3 aromatic rings. The fourth-order valence-corrected chi connectivity index (χ4v) is 3.82. The molecule has 0 fully saturated rings. The summed E-state index contributed by atoms with van der Waals surface area (Å²) in [6.07, 6.45) is 4.24. The van der Waals surface area contributed by atoms with Crippen molar-refractivity contribution in [1.29, 1.82) is 0 Å². The Bertz CT molecular complexity index is 1050. The molecule has 1 amide bonds. The number of amides is 1. The predicted octanol–water partition coefficient (Wildman–Crippen LogP) is 3.72. The van der Waals surface area contributed by atoms with Gasteiger partial charge >= 0.3 is 0 Å². The Hall–Kier alpha value is -2.60. The lowest BCUT2D eigenvalue weighted by atomic mass is 10.1. The van der Waals surface area contributed by atoms with Crippen LogP contribution in [-0.2, 0) is 21.1 Å². The van der Waals surface area contributed by atoms with Crippen LogP contribution in [0.3, 0.4) is 0 Å². The van der Waals surface area contributed by atoms with Crippen LogP contribution in [-0.4, -0.2) is 37.5 Å². The molecule has 27 heavy (non-hydrogen) atoms. The van der Waals surface area contributed by atoms with Gasteiger partial charge in [-0.05, 0) is 42.7 Å². The molecule has 1 atom stereocenters. The fourth-order valence-electron chi connectivity index (χ4n) is 3.19. The molecule has 0 radical (unpaired) electrons. The second kappa shape index (κ2) is 7.56. The van der Waals surface area contributed by atoms with Crippen molar-refractivity contribution in [3.05, 3.63) is 65.9 Å². The SMILES string of the molecule is CC(c1ccc(S(C)(=O)=O)cc1)N(C)C(=O)CCc1c[nH]c2ccccc12. The lowest BCUT2D eigenvalue weighted by Gasteiger charge is -2.25. The van der Waals surface area contributed by atoms with Crippen molar-refractivity contribution in [3.8, 4) is 0 Å². The van der Waals surface area contributed by atoms with E-state index in [4.69, 9.17) is 0 Å². The van der Waals surface area contributed by atoms with Gasteiger partial charge in [0.25, 0.3) is 0 Å². The zero-order valence-electron chi connectivity index (χ0n) is 15.8. The van der Waals surface area contributed by atoms with Crippen LogP contribution in [0.5, 0.6) is 0 Å². The van der Waals surface area contributed by atoms with E-state index in [9.17, 15) is 13.2 Å². The molecule has 0 saturated heterocycles. The first-order valence-electron chi connectivity index (χ1n) is 8.88. The molecule has 1 heterocycles. The van der Waals surface area contributed by atoms with Crippen LogP contribution in [0.1, 0.15) is 30.5 Å². The molecule has 2 aromatic carbocycles. The van der Waals surface area contributed by atoms with Crippen LogP contribution in [0, 0.1) is 0 Å². The number of H-pyrrole nitrogens is 1. The smallest absolute Gasteiger partial charge is 0.223 e.